The quantitative estimate of drug-likeness (QED) is 0.735. The monoisotopic (exact) mass is 203 g/mol. The minimum atomic E-state index is -0.0987. The van der Waals surface area contributed by atoms with Gasteiger partial charge in [0, 0.05) is 4.90 Å². The van der Waals surface area contributed by atoms with Crippen LogP contribution in [0.15, 0.2) is 23.1 Å². The third-order valence-corrected chi connectivity index (χ3v) is 4.32. The summed E-state index contributed by atoms with van der Waals surface area (Å²) in [5.74, 6) is 0. The van der Waals surface area contributed by atoms with E-state index in [4.69, 9.17) is 5.26 Å². The van der Waals surface area contributed by atoms with E-state index in [0.29, 0.717) is 0 Å². The van der Waals surface area contributed by atoms with Crippen LogP contribution >= 0.6 is 11.8 Å². The molecule has 0 aromatic heterocycles. The van der Waals surface area contributed by atoms with Gasteiger partial charge in [-0.1, -0.05) is 12.1 Å². The zero-order valence-corrected chi connectivity index (χ0v) is 9.32. The van der Waals surface area contributed by atoms with Gasteiger partial charge in [-0.25, -0.2) is 0 Å². The minimum absolute atomic E-state index is 0.0987. The van der Waals surface area contributed by atoms with E-state index in [0.717, 1.165) is 12.8 Å². The first-order valence-electron chi connectivity index (χ1n) is 4.83. The largest absolute Gasteiger partial charge is 0.197 e. The minimum Gasteiger partial charge on any atom is -0.197 e. The molecule has 1 nitrogen and oxygen atoms in total. The number of thioether (sulfide) groups is 1. The van der Waals surface area contributed by atoms with Crippen molar-refractivity contribution in [3.63, 3.8) is 0 Å². The van der Waals surface area contributed by atoms with Crippen LogP contribution in [0.3, 0.4) is 0 Å². The van der Waals surface area contributed by atoms with Gasteiger partial charge in [0.1, 0.15) is 4.75 Å². The van der Waals surface area contributed by atoms with Crippen molar-refractivity contribution in [2.45, 2.75) is 36.3 Å². The second kappa shape index (κ2) is 3.33. The van der Waals surface area contributed by atoms with Crippen LogP contribution in [-0.4, -0.2) is 4.75 Å². The fourth-order valence-electron chi connectivity index (χ4n) is 1.40. The van der Waals surface area contributed by atoms with Gasteiger partial charge in [-0.2, -0.15) is 5.26 Å². The highest BCUT2D eigenvalue weighted by Gasteiger charge is 2.44. The lowest BCUT2D eigenvalue weighted by atomic mass is 10.1. The molecule has 0 aliphatic heterocycles. The van der Waals surface area contributed by atoms with E-state index in [1.807, 2.05) is 0 Å². The second-order valence-corrected chi connectivity index (χ2v) is 5.33. The average Bonchev–Trinajstić information content (AvgIpc) is 2.94. The Hall–Kier alpha value is -0.940. The first kappa shape index (κ1) is 9.61. The summed E-state index contributed by atoms with van der Waals surface area (Å²) >= 11 is 1.74. The Bertz CT molecular complexity index is 399. The van der Waals surface area contributed by atoms with Crippen LogP contribution in [0.1, 0.15) is 24.0 Å². The van der Waals surface area contributed by atoms with Crippen LogP contribution in [0.25, 0.3) is 0 Å². The van der Waals surface area contributed by atoms with Crippen LogP contribution < -0.4 is 0 Å². The van der Waals surface area contributed by atoms with Crippen molar-refractivity contribution in [3.05, 3.63) is 29.3 Å². The zero-order valence-electron chi connectivity index (χ0n) is 8.50. The van der Waals surface area contributed by atoms with Gasteiger partial charge in [0.2, 0.25) is 0 Å². The van der Waals surface area contributed by atoms with Crippen LogP contribution in [-0.2, 0) is 0 Å². The van der Waals surface area contributed by atoms with Gasteiger partial charge in [0.25, 0.3) is 0 Å². The molecule has 0 N–H and O–H groups in total. The third kappa shape index (κ3) is 1.65. The highest BCUT2D eigenvalue weighted by Crippen LogP contribution is 2.51. The van der Waals surface area contributed by atoms with E-state index in [9.17, 15) is 0 Å². The van der Waals surface area contributed by atoms with Gasteiger partial charge in [-0.05, 0) is 43.9 Å². The molecule has 1 fully saturated rings. The van der Waals surface area contributed by atoms with E-state index in [-0.39, 0.29) is 4.75 Å². The summed E-state index contributed by atoms with van der Waals surface area (Å²) in [6, 6.07) is 8.71. The second-order valence-electron chi connectivity index (χ2n) is 3.91. The molecule has 72 valence electrons. The molecule has 1 aromatic carbocycles. The summed E-state index contributed by atoms with van der Waals surface area (Å²) in [6.45, 7) is 4.25. The molecule has 0 saturated heterocycles. The Kier molecular flexibility index (Phi) is 2.28. The van der Waals surface area contributed by atoms with E-state index < -0.39 is 0 Å². The summed E-state index contributed by atoms with van der Waals surface area (Å²) in [4.78, 5) is 1.27. The maximum Gasteiger partial charge on any atom is 0.107 e. The van der Waals surface area contributed by atoms with Crippen molar-refractivity contribution >= 4 is 11.8 Å². The fraction of sp³-hybridized carbons (Fsp3) is 0.417. The summed E-state index contributed by atoms with van der Waals surface area (Å²) in [7, 11) is 0. The standard InChI is InChI=1S/C12H13NS/c1-9-4-3-5-11(10(9)2)14-12(8-13)6-7-12/h3-5H,6-7H2,1-2H3. The Morgan fingerprint density at radius 3 is 2.64 bits per heavy atom. The lowest BCUT2D eigenvalue weighted by Gasteiger charge is -2.10. The van der Waals surface area contributed by atoms with Gasteiger partial charge >= 0.3 is 0 Å². The number of nitrogens with zero attached hydrogens (tertiary/aromatic N) is 1. The zero-order chi connectivity index (χ0) is 10.2. The molecule has 0 bridgehead atoms. The van der Waals surface area contributed by atoms with E-state index in [1.54, 1.807) is 11.8 Å². The molecular weight excluding hydrogens is 190 g/mol. The number of aryl methyl sites for hydroxylation is 1. The lowest BCUT2D eigenvalue weighted by molar-refractivity contribution is 1.16. The Balaban J connectivity index is 2.26. The maximum atomic E-state index is 9.01. The number of benzene rings is 1. The van der Waals surface area contributed by atoms with Gasteiger partial charge in [0.05, 0.1) is 6.07 Å². The van der Waals surface area contributed by atoms with Crippen molar-refractivity contribution in [2.75, 3.05) is 0 Å². The number of nitriles is 1. The highest BCUT2D eigenvalue weighted by molar-refractivity contribution is 8.01. The van der Waals surface area contributed by atoms with Gasteiger partial charge < -0.3 is 0 Å². The predicted octanol–water partition coefficient (Wildman–Crippen LogP) is 3.45. The Labute approximate surface area is 89.1 Å². The molecule has 0 atom stereocenters. The van der Waals surface area contributed by atoms with E-state index in [2.05, 4.69) is 38.1 Å². The van der Waals surface area contributed by atoms with Crippen molar-refractivity contribution < 1.29 is 0 Å². The molecular formula is C12H13NS. The molecule has 1 aromatic rings. The smallest absolute Gasteiger partial charge is 0.107 e. The molecule has 0 heterocycles. The first-order valence-corrected chi connectivity index (χ1v) is 5.65. The van der Waals surface area contributed by atoms with Crippen molar-refractivity contribution in [1.82, 2.24) is 0 Å². The number of rotatable bonds is 2. The molecule has 2 rings (SSSR count). The lowest BCUT2D eigenvalue weighted by Crippen LogP contribution is -1.98. The Morgan fingerprint density at radius 2 is 2.07 bits per heavy atom. The predicted molar refractivity (Wildman–Crippen MR) is 59.4 cm³/mol. The van der Waals surface area contributed by atoms with Crippen LogP contribution in [0.5, 0.6) is 0 Å². The molecule has 0 unspecified atom stereocenters. The third-order valence-electron chi connectivity index (χ3n) is 2.77. The van der Waals surface area contributed by atoms with E-state index >= 15 is 0 Å². The molecule has 1 aliphatic carbocycles. The fourth-order valence-corrected chi connectivity index (χ4v) is 2.63. The number of hydrogen-bond donors (Lipinski definition) is 0. The summed E-state index contributed by atoms with van der Waals surface area (Å²) in [6.07, 6.45) is 2.09. The first-order chi connectivity index (χ1) is 6.67. The van der Waals surface area contributed by atoms with Gasteiger partial charge in [-0.15, -0.1) is 11.8 Å². The summed E-state index contributed by atoms with van der Waals surface area (Å²) in [5.41, 5.74) is 2.63. The van der Waals surface area contributed by atoms with Gasteiger partial charge in [-0.3, -0.25) is 0 Å². The summed E-state index contributed by atoms with van der Waals surface area (Å²) < 4.78 is -0.0987. The number of hydrogen-bond acceptors (Lipinski definition) is 2. The van der Waals surface area contributed by atoms with E-state index in [1.165, 1.54) is 16.0 Å². The highest BCUT2D eigenvalue weighted by atomic mass is 32.2. The average molecular weight is 203 g/mol. The molecule has 1 saturated carbocycles. The van der Waals surface area contributed by atoms with Crippen molar-refractivity contribution in [1.29, 1.82) is 5.26 Å². The molecule has 1 aliphatic rings. The van der Waals surface area contributed by atoms with Crippen LogP contribution in [0.4, 0.5) is 0 Å². The molecule has 2 heteroatoms. The van der Waals surface area contributed by atoms with Crippen molar-refractivity contribution in [3.8, 4) is 6.07 Å². The molecule has 0 radical (unpaired) electrons. The SMILES string of the molecule is Cc1cccc(SC2(C#N)CC2)c1C. The summed E-state index contributed by atoms with van der Waals surface area (Å²) in [5, 5.41) is 9.01. The molecule has 0 spiro atoms. The van der Waals surface area contributed by atoms with Crippen LogP contribution in [0.2, 0.25) is 0 Å². The topological polar surface area (TPSA) is 23.8 Å². The van der Waals surface area contributed by atoms with Crippen molar-refractivity contribution in [2.24, 2.45) is 0 Å². The Morgan fingerprint density at radius 1 is 1.36 bits per heavy atom. The maximum absolute atomic E-state index is 9.01. The normalized spacial score (nSPS) is 17.5. The van der Waals surface area contributed by atoms with Gasteiger partial charge in [0.15, 0.2) is 0 Å². The molecule has 14 heavy (non-hydrogen) atoms. The van der Waals surface area contributed by atoms with Crippen LogP contribution in [0, 0.1) is 25.2 Å². The molecule has 0 amide bonds.